The standard InChI is InChI=1S/C23H18N2O6/c1-14-4-6-16(7-5-14)21(26)19-20(15-8-10-17(11-9-15)25(29)30)24(23(28)22(19)27)13-18-3-2-12-31-18/h2-12,20,26H,13H2,1H3/b21-19-. The van der Waals surface area contributed by atoms with Gasteiger partial charge in [0.25, 0.3) is 17.4 Å². The summed E-state index contributed by atoms with van der Waals surface area (Å²) in [5, 5.41) is 22.0. The highest BCUT2D eigenvalue weighted by atomic mass is 16.6. The molecule has 3 aromatic rings. The van der Waals surface area contributed by atoms with Crippen molar-refractivity contribution in [2.45, 2.75) is 19.5 Å². The van der Waals surface area contributed by atoms with Gasteiger partial charge in [-0.1, -0.05) is 29.8 Å². The molecule has 1 fully saturated rings. The Bertz CT molecular complexity index is 1180. The molecule has 4 rings (SSSR count). The number of aryl methyl sites for hydroxylation is 1. The van der Waals surface area contributed by atoms with Gasteiger partial charge in [-0.3, -0.25) is 19.7 Å². The van der Waals surface area contributed by atoms with E-state index in [1.54, 1.807) is 36.4 Å². The number of aliphatic hydroxyl groups excluding tert-OH is 1. The van der Waals surface area contributed by atoms with Crippen LogP contribution < -0.4 is 0 Å². The first kappa shape index (κ1) is 20.1. The lowest BCUT2D eigenvalue weighted by molar-refractivity contribution is -0.384. The number of hydrogen-bond acceptors (Lipinski definition) is 6. The number of nitro groups is 1. The molecule has 1 aliphatic heterocycles. The highest BCUT2D eigenvalue weighted by Gasteiger charge is 2.46. The fourth-order valence-electron chi connectivity index (χ4n) is 3.61. The van der Waals surface area contributed by atoms with E-state index in [2.05, 4.69) is 0 Å². The molecule has 0 radical (unpaired) electrons. The number of aliphatic hydroxyl groups is 1. The van der Waals surface area contributed by atoms with Gasteiger partial charge in [-0.25, -0.2) is 0 Å². The molecule has 1 amide bonds. The molecule has 2 aromatic carbocycles. The molecule has 0 bridgehead atoms. The van der Waals surface area contributed by atoms with Crippen LogP contribution >= 0.6 is 0 Å². The molecule has 2 heterocycles. The molecule has 1 aliphatic rings. The number of Topliss-reactive ketones (excluding diaryl/α,β-unsaturated/α-hetero) is 1. The number of likely N-dealkylation sites (tertiary alicyclic amines) is 1. The second-order valence-electron chi connectivity index (χ2n) is 7.22. The Kier molecular flexibility index (Phi) is 5.12. The fraction of sp³-hybridized carbons (Fsp3) is 0.130. The zero-order chi connectivity index (χ0) is 22.1. The quantitative estimate of drug-likeness (QED) is 0.219. The van der Waals surface area contributed by atoms with E-state index in [4.69, 9.17) is 4.42 Å². The Morgan fingerprint density at radius 2 is 1.77 bits per heavy atom. The van der Waals surface area contributed by atoms with E-state index in [0.29, 0.717) is 16.9 Å². The number of furan rings is 1. The second kappa shape index (κ2) is 7.91. The van der Waals surface area contributed by atoms with Crippen molar-refractivity contribution in [3.63, 3.8) is 0 Å². The lowest BCUT2D eigenvalue weighted by Crippen LogP contribution is -2.29. The van der Waals surface area contributed by atoms with E-state index in [-0.39, 0.29) is 23.6 Å². The van der Waals surface area contributed by atoms with Gasteiger partial charge < -0.3 is 14.4 Å². The number of benzene rings is 2. The van der Waals surface area contributed by atoms with Crippen LogP contribution in [0.5, 0.6) is 0 Å². The number of hydrogen-bond donors (Lipinski definition) is 1. The highest BCUT2D eigenvalue weighted by Crippen LogP contribution is 2.40. The number of ketones is 1. The molecular formula is C23H18N2O6. The van der Waals surface area contributed by atoms with Gasteiger partial charge in [-0.2, -0.15) is 0 Å². The normalized spacial score (nSPS) is 17.8. The second-order valence-corrected chi connectivity index (χ2v) is 7.22. The molecule has 1 atom stereocenters. The third-order valence-electron chi connectivity index (χ3n) is 5.19. The molecular weight excluding hydrogens is 400 g/mol. The summed E-state index contributed by atoms with van der Waals surface area (Å²) in [7, 11) is 0. The summed E-state index contributed by atoms with van der Waals surface area (Å²) < 4.78 is 5.33. The molecule has 156 valence electrons. The maximum Gasteiger partial charge on any atom is 0.296 e. The summed E-state index contributed by atoms with van der Waals surface area (Å²) in [6.07, 6.45) is 1.46. The van der Waals surface area contributed by atoms with Gasteiger partial charge in [-0.15, -0.1) is 0 Å². The summed E-state index contributed by atoms with van der Waals surface area (Å²) in [4.78, 5) is 37.6. The van der Waals surface area contributed by atoms with Crippen molar-refractivity contribution in [2.24, 2.45) is 0 Å². The van der Waals surface area contributed by atoms with Gasteiger partial charge in [0.1, 0.15) is 11.5 Å². The van der Waals surface area contributed by atoms with Crippen LogP contribution in [0, 0.1) is 17.0 Å². The molecule has 0 saturated carbocycles. The molecule has 1 saturated heterocycles. The van der Waals surface area contributed by atoms with Gasteiger partial charge in [0.2, 0.25) is 0 Å². The lowest BCUT2D eigenvalue weighted by atomic mass is 9.95. The number of carbonyl (C=O) groups is 2. The van der Waals surface area contributed by atoms with E-state index in [0.717, 1.165) is 5.56 Å². The van der Waals surface area contributed by atoms with Crippen LogP contribution in [0.3, 0.4) is 0 Å². The van der Waals surface area contributed by atoms with Crippen LogP contribution in [0.2, 0.25) is 0 Å². The summed E-state index contributed by atoms with van der Waals surface area (Å²) in [5.74, 6) is -1.45. The van der Waals surface area contributed by atoms with Crippen LogP contribution in [0.4, 0.5) is 5.69 Å². The topological polar surface area (TPSA) is 114 Å². The Morgan fingerprint density at radius 1 is 1.10 bits per heavy atom. The van der Waals surface area contributed by atoms with Gasteiger partial charge in [0.05, 0.1) is 29.3 Å². The molecule has 1 unspecified atom stereocenters. The summed E-state index contributed by atoms with van der Waals surface area (Å²) in [5.41, 5.74) is 1.64. The lowest BCUT2D eigenvalue weighted by Gasteiger charge is -2.24. The van der Waals surface area contributed by atoms with Crippen molar-refractivity contribution in [1.29, 1.82) is 0 Å². The Morgan fingerprint density at radius 3 is 2.35 bits per heavy atom. The smallest absolute Gasteiger partial charge is 0.296 e. The highest BCUT2D eigenvalue weighted by molar-refractivity contribution is 6.46. The Hall–Kier alpha value is -4.20. The zero-order valence-electron chi connectivity index (χ0n) is 16.5. The van der Waals surface area contributed by atoms with E-state index >= 15 is 0 Å². The maximum absolute atomic E-state index is 12.9. The minimum Gasteiger partial charge on any atom is -0.507 e. The number of nitro benzene ring substituents is 1. The summed E-state index contributed by atoms with van der Waals surface area (Å²) in [6.45, 7) is 1.90. The summed E-state index contributed by atoms with van der Waals surface area (Å²) >= 11 is 0. The van der Waals surface area contributed by atoms with Crippen molar-refractivity contribution in [2.75, 3.05) is 0 Å². The van der Waals surface area contributed by atoms with Crippen LogP contribution in [0.15, 0.2) is 76.9 Å². The van der Waals surface area contributed by atoms with Crippen LogP contribution in [-0.2, 0) is 16.1 Å². The van der Waals surface area contributed by atoms with Crippen LogP contribution in [0.25, 0.3) is 5.76 Å². The number of amides is 1. The molecule has 8 heteroatoms. The first-order chi connectivity index (χ1) is 14.9. The minimum absolute atomic E-state index is 0.00387. The summed E-state index contributed by atoms with van der Waals surface area (Å²) in [6, 6.07) is 14.9. The Balaban J connectivity index is 1.85. The third-order valence-corrected chi connectivity index (χ3v) is 5.19. The van der Waals surface area contributed by atoms with Gasteiger partial charge in [0, 0.05) is 17.7 Å². The van der Waals surface area contributed by atoms with E-state index < -0.39 is 22.7 Å². The molecule has 1 N–H and O–H groups in total. The first-order valence-electron chi connectivity index (χ1n) is 9.49. The van der Waals surface area contributed by atoms with Gasteiger partial charge in [0.15, 0.2) is 0 Å². The largest absolute Gasteiger partial charge is 0.507 e. The van der Waals surface area contributed by atoms with Gasteiger partial charge in [-0.05, 0) is 36.8 Å². The van der Waals surface area contributed by atoms with E-state index in [1.807, 2.05) is 6.92 Å². The van der Waals surface area contributed by atoms with Crippen LogP contribution in [0.1, 0.15) is 28.5 Å². The average Bonchev–Trinajstić information content (AvgIpc) is 3.36. The van der Waals surface area contributed by atoms with Crippen molar-refractivity contribution in [1.82, 2.24) is 4.90 Å². The SMILES string of the molecule is Cc1ccc(/C(O)=C2/C(=O)C(=O)N(Cc3ccco3)C2c2ccc([N+](=O)[O-])cc2)cc1. The number of carbonyl (C=O) groups excluding carboxylic acids is 2. The predicted molar refractivity (Wildman–Crippen MR) is 111 cm³/mol. The fourth-order valence-corrected chi connectivity index (χ4v) is 3.61. The van der Waals surface area contributed by atoms with Crippen molar-refractivity contribution >= 4 is 23.1 Å². The number of non-ortho nitro benzene ring substituents is 1. The first-order valence-corrected chi connectivity index (χ1v) is 9.49. The van der Waals surface area contributed by atoms with Crippen molar-refractivity contribution < 1.29 is 24.0 Å². The number of rotatable bonds is 5. The van der Waals surface area contributed by atoms with E-state index in [9.17, 15) is 24.8 Å². The maximum atomic E-state index is 12.9. The molecule has 31 heavy (non-hydrogen) atoms. The third kappa shape index (κ3) is 3.71. The average molecular weight is 418 g/mol. The zero-order valence-corrected chi connectivity index (χ0v) is 16.5. The van der Waals surface area contributed by atoms with Crippen LogP contribution in [-0.4, -0.2) is 26.6 Å². The Labute approximate surface area is 177 Å². The number of nitrogens with zero attached hydrogens (tertiary/aromatic N) is 2. The molecule has 0 aliphatic carbocycles. The van der Waals surface area contributed by atoms with E-state index in [1.165, 1.54) is 35.4 Å². The monoisotopic (exact) mass is 418 g/mol. The predicted octanol–water partition coefficient (Wildman–Crippen LogP) is 4.12. The minimum atomic E-state index is -0.924. The van der Waals surface area contributed by atoms with Crippen molar-refractivity contribution in [3.8, 4) is 0 Å². The molecule has 8 nitrogen and oxygen atoms in total. The van der Waals surface area contributed by atoms with Crippen molar-refractivity contribution in [3.05, 3.63) is 105 Å². The van der Waals surface area contributed by atoms with Gasteiger partial charge >= 0.3 is 0 Å². The molecule has 0 spiro atoms. The molecule has 1 aromatic heterocycles.